The number of aliphatic hydroxyl groups excluding tert-OH is 1. The van der Waals surface area contributed by atoms with Crippen molar-refractivity contribution in [3.8, 4) is 0 Å². The van der Waals surface area contributed by atoms with E-state index in [0.29, 0.717) is 12.5 Å². The molecule has 2 atom stereocenters. The first-order valence-corrected chi connectivity index (χ1v) is 5.71. The molecular formula is C11H21NO3. The molecule has 0 bridgehead atoms. The fraction of sp³-hybridized carbons (Fsp3) is 0.909. The SMILES string of the molecule is C[C@@H](O)[C@H](N)C(=O)OCC1CCCCC1. The lowest BCUT2D eigenvalue weighted by Gasteiger charge is -2.22. The van der Waals surface area contributed by atoms with Crippen molar-refractivity contribution in [3.05, 3.63) is 0 Å². The van der Waals surface area contributed by atoms with Crippen LogP contribution in [0.2, 0.25) is 0 Å². The smallest absolute Gasteiger partial charge is 0.325 e. The molecule has 3 N–H and O–H groups in total. The maximum Gasteiger partial charge on any atom is 0.325 e. The van der Waals surface area contributed by atoms with E-state index < -0.39 is 18.1 Å². The third-order valence-corrected chi connectivity index (χ3v) is 2.98. The van der Waals surface area contributed by atoms with Crippen molar-refractivity contribution in [1.82, 2.24) is 0 Å². The molecule has 4 heteroatoms. The van der Waals surface area contributed by atoms with Gasteiger partial charge in [0.25, 0.3) is 0 Å². The summed E-state index contributed by atoms with van der Waals surface area (Å²) in [6, 6.07) is -0.909. The minimum atomic E-state index is -0.909. The summed E-state index contributed by atoms with van der Waals surface area (Å²) in [4.78, 5) is 11.3. The van der Waals surface area contributed by atoms with Crippen LogP contribution < -0.4 is 5.73 Å². The Balaban J connectivity index is 2.20. The van der Waals surface area contributed by atoms with Crippen LogP contribution in [0.4, 0.5) is 0 Å². The molecule has 0 spiro atoms. The number of carbonyl (C=O) groups excluding carboxylic acids is 1. The molecule has 0 amide bonds. The molecule has 1 saturated carbocycles. The van der Waals surface area contributed by atoms with E-state index in [1.54, 1.807) is 0 Å². The lowest BCUT2D eigenvalue weighted by Crippen LogP contribution is -2.42. The van der Waals surface area contributed by atoms with Gasteiger partial charge in [-0.25, -0.2) is 0 Å². The largest absolute Gasteiger partial charge is 0.464 e. The lowest BCUT2D eigenvalue weighted by molar-refractivity contribution is -0.149. The van der Waals surface area contributed by atoms with Crippen molar-refractivity contribution in [2.24, 2.45) is 11.7 Å². The summed E-state index contributed by atoms with van der Waals surface area (Å²) >= 11 is 0. The molecule has 0 aromatic carbocycles. The molecule has 0 unspecified atom stereocenters. The third-order valence-electron chi connectivity index (χ3n) is 2.98. The molecule has 0 heterocycles. The molecule has 88 valence electrons. The van der Waals surface area contributed by atoms with E-state index >= 15 is 0 Å². The molecule has 1 rings (SSSR count). The van der Waals surface area contributed by atoms with Gasteiger partial charge in [0.1, 0.15) is 6.04 Å². The van der Waals surface area contributed by atoms with Gasteiger partial charge < -0.3 is 15.6 Å². The van der Waals surface area contributed by atoms with Crippen LogP contribution in [0.5, 0.6) is 0 Å². The Bertz CT molecular complexity index is 200. The lowest BCUT2D eigenvalue weighted by atomic mass is 9.90. The molecule has 1 aliphatic rings. The van der Waals surface area contributed by atoms with E-state index in [4.69, 9.17) is 15.6 Å². The van der Waals surface area contributed by atoms with Crippen LogP contribution in [0.1, 0.15) is 39.0 Å². The molecule has 4 nitrogen and oxygen atoms in total. The van der Waals surface area contributed by atoms with Gasteiger partial charge in [0, 0.05) is 0 Å². The monoisotopic (exact) mass is 215 g/mol. The minimum Gasteiger partial charge on any atom is -0.464 e. The van der Waals surface area contributed by atoms with Gasteiger partial charge in [-0.3, -0.25) is 4.79 Å². The van der Waals surface area contributed by atoms with Crippen LogP contribution in [0.3, 0.4) is 0 Å². The van der Waals surface area contributed by atoms with Crippen LogP contribution in [-0.2, 0) is 9.53 Å². The highest BCUT2D eigenvalue weighted by Gasteiger charge is 2.22. The number of rotatable bonds is 4. The quantitative estimate of drug-likeness (QED) is 0.681. The van der Waals surface area contributed by atoms with Crippen molar-refractivity contribution < 1.29 is 14.6 Å². The standard InChI is InChI=1S/C11H21NO3/c1-8(13)10(12)11(14)15-7-9-5-3-2-4-6-9/h8-10,13H,2-7,12H2,1H3/t8-,10+/m1/s1. The van der Waals surface area contributed by atoms with Gasteiger partial charge in [-0.1, -0.05) is 19.3 Å². The normalized spacial score (nSPS) is 22.1. The van der Waals surface area contributed by atoms with Gasteiger partial charge in [0.05, 0.1) is 12.7 Å². The average Bonchev–Trinajstić information content (AvgIpc) is 2.26. The number of hydrogen-bond donors (Lipinski definition) is 2. The summed E-state index contributed by atoms with van der Waals surface area (Å²) in [6.07, 6.45) is 5.17. The summed E-state index contributed by atoms with van der Waals surface area (Å²) in [5.74, 6) is -0.000488. The van der Waals surface area contributed by atoms with E-state index in [9.17, 15) is 4.79 Å². The fourth-order valence-corrected chi connectivity index (χ4v) is 1.85. The number of aliphatic hydroxyl groups is 1. The topological polar surface area (TPSA) is 72.5 Å². The summed E-state index contributed by atoms with van der Waals surface area (Å²) in [5.41, 5.74) is 5.45. The average molecular weight is 215 g/mol. The number of nitrogens with two attached hydrogens (primary N) is 1. The highest BCUT2D eigenvalue weighted by atomic mass is 16.5. The first-order chi connectivity index (χ1) is 7.11. The van der Waals surface area contributed by atoms with Gasteiger partial charge in [-0.05, 0) is 25.7 Å². The van der Waals surface area contributed by atoms with Crippen molar-refractivity contribution in [1.29, 1.82) is 0 Å². The maximum atomic E-state index is 11.3. The van der Waals surface area contributed by atoms with Crippen LogP contribution in [0, 0.1) is 5.92 Å². The number of hydrogen-bond acceptors (Lipinski definition) is 4. The van der Waals surface area contributed by atoms with E-state index in [1.165, 1.54) is 26.2 Å². The molecular weight excluding hydrogens is 194 g/mol. The molecule has 0 aliphatic heterocycles. The predicted molar refractivity (Wildman–Crippen MR) is 57.2 cm³/mol. The predicted octanol–water partition coefficient (Wildman–Crippen LogP) is 0.818. The van der Waals surface area contributed by atoms with E-state index in [1.807, 2.05) is 0 Å². The highest BCUT2D eigenvalue weighted by molar-refractivity contribution is 5.76. The Morgan fingerprint density at radius 1 is 1.47 bits per heavy atom. The molecule has 1 aliphatic carbocycles. The molecule has 0 aromatic heterocycles. The Morgan fingerprint density at radius 2 is 2.07 bits per heavy atom. The number of esters is 1. The Morgan fingerprint density at radius 3 is 2.60 bits per heavy atom. The Hall–Kier alpha value is -0.610. The molecule has 0 aromatic rings. The fourth-order valence-electron chi connectivity index (χ4n) is 1.85. The van der Waals surface area contributed by atoms with Crippen LogP contribution in [0.25, 0.3) is 0 Å². The van der Waals surface area contributed by atoms with E-state index in [0.717, 1.165) is 12.8 Å². The van der Waals surface area contributed by atoms with Gasteiger partial charge >= 0.3 is 5.97 Å². The Labute approximate surface area is 90.8 Å². The van der Waals surface area contributed by atoms with Crippen molar-refractivity contribution in [2.45, 2.75) is 51.2 Å². The summed E-state index contributed by atoms with van der Waals surface area (Å²) in [7, 11) is 0. The zero-order valence-electron chi connectivity index (χ0n) is 9.32. The van der Waals surface area contributed by atoms with Crippen LogP contribution >= 0.6 is 0 Å². The molecule has 0 radical (unpaired) electrons. The zero-order valence-corrected chi connectivity index (χ0v) is 9.32. The van der Waals surface area contributed by atoms with E-state index in [2.05, 4.69) is 0 Å². The second-order valence-electron chi connectivity index (χ2n) is 4.40. The van der Waals surface area contributed by atoms with Gasteiger partial charge in [-0.2, -0.15) is 0 Å². The number of carbonyl (C=O) groups is 1. The molecule has 0 saturated heterocycles. The highest BCUT2D eigenvalue weighted by Crippen LogP contribution is 2.23. The van der Waals surface area contributed by atoms with Crippen molar-refractivity contribution in [3.63, 3.8) is 0 Å². The molecule has 1 fully saturated rings. The minimum absolute atomic E-state index is 0.458. The van der Waals surface area contributed by atoms with E-state index in [-0.39, 0.29) is 0 Å². The zero-order chi connectivity index (χ0) is 11.3. The maximum absolute atomic E-state index is 11.3. The first-order valence-electron chi connectivity index (χ1n) is 5.71. The van der Waals surface area contributed by atoms with Gasteiger partial charge in [-0.15, -0.1) is 0 Å². The number of ether oxygens (including phenoxy) is 1. The summed E-state index contributed by atoms with van der Waals surface area (Å²) < 4.78 is 5.08. The van der Waals surface area contributed by atoms with Crippen molar-refractivity contribution >= 4 is 5.97 Å². The van der Waals surface area contributed by atoms with Crippen LogP contribution in [0.15, 0.2) is 0 Å². The van der Waals surface area contributed by atoms with Gasteiger partial charge in [0.15, 0.2) is 0 Å². The van der Waals surface area contributed by atoms with Gasteiger partial charge in [0.2, 0.25) is 0 Å². The first kappa shape index (κ1) is 12.5. The second kappa shape index (κ2) is 6.08. The summed E-state index contributed by atoms with van der Waals surface area (Å²) in [5, 5.41) is 9.10. The molecule has 15 heavy (non-hydrogen) atoms. The van der Waals surface area contributed by atoms with Crippen molar-refractivity contribution in [2.75, 3.05) is 6.61 Å². The Kier molecular flexibility index (Phi) is 5.05. The van der Waals surface area contributed by atoms with Crippen LogP contribution in [-0.4, -0.2) is 29.8 Å². The summed E-state index contributed by atoms with van der Waals surface area (Å²) in [6.45, 7) is 1.95. The second-order valence-corrected chi connectivity index (χ2v) is 4.40. The third kappa shape index (κ3) is 4.18.